The molecule has 0 aromatic carbocycles. The fourth-order valence-corrected chi connectivity index (χ4v) is 1.40. The van der Waals surface area contributed by atoms with Crippen LogP contribution in [0.15, 0.2) is 0 Å². The molecule has 0 spiro atoms. The maximum absolute atomic E-state index is 11.6. The Labute approximate surface area is 111 Å². The molecule has 2 unspecified atom stereocenters. The van der Waals surface area contributed by atoms with Crippen molar-refractivity contribution in [1.29, 1.82) is 0 Å². The van der Waals surface area contributed by atoms with E-state index in [1.165, 1.54) is 7.11 Å². The molecular weight excluding hydrogens is 254 g/mol. The summed E-state index contributed by atoms with van der Waals surface area (Å²) < 4.78 is 4.75. The fourth-order valence-electron chi connectivity index (χ4n) is 1.40. The van der Waals surface area contributed by atoms with Gasteiger partial charge in [0.1, 0.15) is 12.1 Å². The number of carboxylic acid groups (broad SMARTS) is 1. The number of hydrogen-bond donors (Lipinski definition) is 4. The van der Waals surface area contributed by atoms with Crippen molar-refractivity contribution in [3.63, 3.8) is 0 Å². The lowest BCUT2D eigenvalue weighted by Crippen LogP contribution is -2.54. The van der Waals surface area contributed by atoms with Crippen molar-refractivity contribution in [2.75, 3.05) is 13.7 Å². The van der Waals surface area contributed by atoms with Gasteiger partial charge in [0.25, 0.3) is 0 Å². The number of urea groups is 1. The number of carbonyl (C=O) groups is 3. The van der Waals surface area contributed by atoms with Crippen LogP contribution in [0.2, 0.25) is 0 Å². The summed E-state index contributed by atoms with van der Waals surface area (Å²) in [5.41, 5.74) is 5.14. The van der Waals surface area contributed by atoms with Gasteiger partial charge in [-0.05, 0) is 5.92 Å². The number of carbonyl (C=O) groups excluding carboxylic acids is 2. The van der Waals surface area contributed by atoms with Gasteiger partial charge in [0, 0.05) is 20.1 Å². The second-order valence-electron chi connectivity index (χ2n) is 4.41. The summed E-state index contributed by atoms with van der Waals surface area (Å²) in [6.45, 7) is 3.63. The summed E-state index contributed by atoms with van der Waals surface area (Å²) in [6.07, 6.45) is 0.127. The van der Waals surface area contributed by atoms with Crippen molar-refractivity contribution in [2.24, 2.45) is 11.7 Å². The van der Waals surface area contributed by atoms with Gasteiger partial charge in [0.05, 0.1) is 0 Å². The van der Waals surface area contributed by atoms with E-state index >= 15 is 0 Å². The van der Waals surface area contributed by atoms with E-state index in [-0.39, 0.29) is 18.9 Å². The van der Waals surface area contributed by atoms with Crippen LogP contribution in [-0.2, 0) is 14.3 Å². The number of primary amides is 1. The van der Waals surface area contributed by atoms with E-state index in [1.54, 1.807) is 13.8 Å². The molecule has 110 valence electrons. The van der Waals surface area contributed by atoms with Crippen LogP contribution in [0.5, 0.6) is 0 Å². The van der Waals surface area contributed by atoms with Crippen LogP contribution in [0.25, 0.3) is 0 Å². The number of aliphatic carboxylic acids is 1. The molecular formula is C11H21N3O5. The van der Waals surface area contributed by atoms with Crippen LogP contribution in [0.3, 0.4) is 0 Å². The minimum atomic E-state index is -1.17. The predicted molar refractivity (Wildman–Crippen MR) is 67.4 cm³/mol. The molecule has 5 N–H and O–H groups in total. The highest BCUT2D eigenvalue weighted by atomic mass is 16.5. The van der Waals surface area contributed by atoms with Gasteiger partial charge in [0.15, 0.2) is 0 Å². The van der Waals surface area contributed by atoms with E-state index in [0.717, 1.165) is 0 Å². The van der Waals surface area contributed by atoms with Crippen molar-refractivity contribution in [1.82, 2.24) is 10.6 Å². The molecule has 8 heteroatoms. The summed E-state index contributed by atoms with van der Waals surface area (Å²) in [5, 5.41) is 13.5. The number of ether oxygens (including phenoxy) is 1. The normalized spacial score (nSPS) is 13.7. The van der Waals surface area contributed by atoms with E-state index < -0.39 is 30.0 Å². The fraction of sp³-hybridized carbons (Fsp3) is 0.727. The third kappa shape index (κ3) is 6.61. The average Bonchev–Trinajstić information content (AvgIpc) is 2.30. The summed E-state index contributed by atoms with van der Waals surface area (Å²) in [4.78, 5) is 33.6. The third-order valence-corrected chi connectivity index (χ3v) is 2.47. The summed E-state index contributed by atoms with van der Waals surface area (Å²) >= 11 is 0. The number of nitrogens with two attached hydrogens (primary N) is 1. The molecule has 0 heterocycles. The van der Waals surface area contributed by atoms with E-state index in [9.17, 15) is 14.4 Å². The quantitative estimate of drug-likeness (QED) is 0.464. The van der Waals surface area contributed by atoms with Gasteiger partial charge in [-0.15, -0.1) is 0 Å². The maximum Gasteiger partial charge on any atom is 0.326 e. The molecule has 0 aromatic heterocycles. The van der Waals surface area contributed by atoms with Gasteiger partial charge in [-0.3, -0.25) is 4.79 Å². The van der Waals surface area contributed by atoms with Crippen LogP contribution in [0.1, 0.15) is 20.3 Å². The van der Waals surface area contributed by atoms with Crippen molar-refractivity contribution >= 4 is 17.9 Å². The van der Waals surface area contributed by atoms with Crippen LogP contribution < -0.4 is 16.4 Å². The van der Waals surface area contributed by atoms with Gasteiger partial charge in [-0.1, -0.05) is 13.8 Å². The van der Waals surface area contributed by atoms with E-state index in [4.69, 9.17) is 15.6 Å². The molecule has 0 bridgehead atoms. The first kappa shape index (κ1) is 17.2. The second-order valence-corrected chi connectivity index (χ2v) is 4.41. The first-order valence-corrected chi connectivity index (χ1v) is 5.87. The highest BCUT2D eigenvalue weighted by Crippen LogP contribution is 2.01. The van der Waals surface area contributed by atoms with E-state index in [1.807, 2.05) is 0 Å². The molecule has 8 nitrogen and oxygen atoms in total. The number of nitrogens with one attached hydrogen (secondary N) is 2. The van der Waals surface area contributed by atoms with E-state index in [0.29, 0.717) is 0 Å². The molecule has 0 saturated heterocycles. The Morgan fingerprint density at radius 1 is 1.26 bits per heavy atom. The maximum atomic E-state index is 11.6. The van der Waals surface area contributed by atoms with Crippen LogP contribution in [0, 0.1) is 5.92 Å². The smallest absolute Gasteiger partial charge is 0.326 e. The Kier molecular flexibility index (Phi) is 7.50. The molecule has 3 amide bonds. The summed E-state index contributed by atoms with van der Waals surface area (Å²) in [7, 11) is 1.43. The molecule has 0 aliphatic carbocycles. The Morgan fingerprint density at radius 3 is 2.21 bits per heavy atom. The minimum Gasteiger partial charge on any atom is -0.480 e. The lowest BCUT2D eigenvalue weighted by Gasteiger charge is -2.21. The second kappa shape index (κ2) is 8.30. The number of amides is 3. The van der Waals surface area contributed by atoms with Crippen LogP contribution in [0.4, 0.5) is 4.79 Å². The molecule has 2 atom stereocenters. The molecule has 0 fully saturated rings. The Balaban J connectivity index is 4.47. The van der Waals surface area contributed by atoms with Crippen LogP contribution in [-0.4, -0.2) is 48.8 Å². The molecule has 19 heavy (non-hydrogen) atoms. The SMILES string of the molecule is COCCC(NC(=O)NC(C(N)=O)C(C)C)C(=O)O. The Morgan fingerprint density at radius 2 is 1.84 bits per heavy atom. The number of rotatable bonds is 8. The van der Waals surface area contributed by atoms with Gasteiger partial charge >= 0.3 is 12.0 Å². The van der Waals surface area contributed by atoms with Crippen molar-refractivity contribution in [3.05, 3.63) is 0 Å². The summed E-state index contributed by atoms with van der Waals surface area (Å²) in [6, 6.07) is -2.68. The molecule has 0 saturated carbocycles. The first-order valence-electron chi connectivity index (χ1n) is 5.87. The lowest BCUT2D eigenvalue weighted by molar-refractivity contribution is -0.139. The van der Waals surface area contributed by atoms with Gasteiger partial charge in [-0.25, -0.2) is 9.59 Å². The van der Waals surface area contributed by atoms with Crippen molar-refractivity contribution in [2.45, 2.75) is 32.4 Å². The molecule has 0 aliphatic heterocycles. The Hall–Kier alpha value is -1.83. The van der Waals surface area contributed by atoms with Crippen LogP contribution >= 0.6 is 0 Å². The molecule has 0 rings (SSSR count). The number of methoxy groups -OCH3 is 1. The molecule has 0 radical (unpaired) electrons. The zero-order chi connectivity index (χ0) is 15.0. The molecule has 0 aromatic rings. The first-order chi connectivity index (χ1) is 8.79. The standard InChI is InChI=1S/C11H21N3O5/c1-6(2)8(9(12)15)14-11(18)13-7(10(16)17)4-5-19-3/h6-8H,4-5H2,1-3H3,(H2,12,15)(H,16,17)(H2,13,14,18). The van der Waals surface area contributed by atoms with Gasteiger partial charge < -0.3 is 26.2 Å². The van der Waals surface area contributed by atoms with E-state index in [2.05, 4.69) is 10.6 Å². The largest absolute Gasteiger partial charge is 0.480 e. The monoisotopic (exact) mass is 275 g/mol. The number of hydrogen-bond acceptors (Lipinski definition) is 4. The average molecular weight is 275 g/mol. The predicted octanol–water partition coefficient (Wildman–Crippen LogP) is -0.715. The minimum absolute atomic E-state index is 0.127. The van der Waals surface area contributed by atoms with Gasteiger partial charge in [0.2, 0.25) is 5.91 Å². The highest BCUT2D eigenvalue weighted by molar-refractivity contribution is 5.88. The third-order valence-electron chi connectivity index (χ3n) is 2.47. The topological polar surface area (TPSA) is 131 Å². The highest BCUT2D eigenvalue weighted by Gasteiger charge is 2.24. The van der Waals surface area contributed by atoms with Crippen molar-refractivity contribution in [3.8, 4) is 0 Å². The number of carboxylic acids is 1. The lowest BCUT2D eigenvalue weighted by atomic mass is 10.0. The Bertz CT molecular complexity index is 332. The summed E-state index contributed by atoms with van der Waals surface area (Å²) in [5.74, 6) is -2.04. The zero-order valence-electron chi connectivity index (χ0n) is 11.3. The zero-order valence-corrected chi connectivity index (χ0v) is 11.3. The molecule has 0 aliphatic rings. The van der Waals surface area contributed by atoms with Gasteiger partial charge in [-0.2, -0.15) is 0 Å². The van der Waals surface area contributed by atoms with Crippen molar-refractivity contribution < 1.29 is 24.2 Å².